The zero-order chi connectivity index (χ0) is 13.7. The molecule has 6 nitrogen and oxygen atoms in total. The van der Waals surface area contributed by atoms with Crippen LogP contribution in [0.5, 0.6) is 6.01 Å². The van der Waals surface area contributed by atoms with Gasteiger partial charge in [-0.05, 0) is 13.8 Å². The van der Waals surface area contributed by atoms with Crippen LogP contribution in [0.4, 0.5) is 5.82 Å². The van der Waals surface area contributed by atoms with E-state index in [1.54, 1.807) is 4.90 Å². The van der Waals surface area contributed by atoms with Gasteiger partial charge in [-0.15, -0.1) is 0 Å². The molecule has 0 radical (unpaired) electrons. The van der Waals surface area contributed by atoms with E-state index in [4.69, 9.17) is 21.4 Å². The molecule has 100 valence electrons. The van der Waals surface area contributed by atoms with Crippen molar-refractivity contribution in [3.8, 4) is 6.01 Å². The van der Waals surface area contributed by atoms with Crippen LogP contribution in [-0.2, 0) is 4.79 Å². The lowest BCUT2D eigenvalue weighted by Gasteiger charge is -2.28. The molecule has 0 aliphatic carbocycles. The predicted octanol–water partition coefficient (Wildman–Crippen LogP) is 1.83. The number of carboxylic acids is 1. The van der Waals surface area contributed by atoms with Gasteiger partial charge in [-0.2, -0.15) is 4.98 Å². The molecule has 1 rings (SSSR count). The van der Waals surface area contributed by atoms with Crippen molar-refractivity contribution in [2.24, 2.45) is 0 Å². The molecular formula is C11H16ClN3O3. The van der Waals surface area contributed by atoms with Gasteiger partial charge in [0.1, 0.15) is 5.02 Å². The van der Waals surface area contributed by atoms with Gasteiger partial charge in [-0.25, -0.2) is 4.98 Å². The van der Waals surface area contributed by atoms with Gasteiger partial charge in [-0.3, -0.25) is 4.79 Å². The van der Waals surface area contributed by atoms with E-state index in [0.717, 1.165) is 0 Å². The number of aliphatic carboxylic acids is 1. The highest BCUT2D eigenvalue weighted by Crippen LogP contribution is 2.26. The second-order valence-electron chi connectivity index (χ2n) is 3.76. The van der Waals surface area contributed by atoms with Crippen LogP contribution in [0.3, 0.4) is 0 Å². The maximum Gasteiger partial charge on any atom is 0.318 e. The molecule has 1 aromatic heterocycles. The van der Waals surface area contributed by atoms with Gasteiger partial charge in [0.15, 0.2) is 5.82 Å². The van der Waals surface area contributed by atoms with E-state index in [1.165, 1.54) is 13.3 Å². The van der Waals surface area contributed by atoms with Gasteiger partial charge in [0.05, 0.1) is 19.7 Å². The molecule has 0 bridgehead atoms. The minimum absolute atomic E-state index is 0.0104. The number of methoxy groups -OCH3 is 1. The number of carboxylic acid groups (broad SMARTS) is 1. The topological polar surface area (TPSA) is 75.5 Å². The van der Waals surface area contributed by atoms with E-state index < -0.39 is 5.97 Å². The van der Waals surface area contributed by atoms with E-state index in [9.17, 15) is 4.79 Å². The summed E-state index contributed by atoms with van der Waals surface area (Å²) in [5, 5.41) is 9.20. The third kappa shape index (κ3) is 3.46. The van der Waals surface area contributed by atoms with E-state index in [1.807, 2.05) is 13.8 Å². The number of halogens is 1. The summed E-state index contributed by atoms with van der Waals surface area (Å²) in [7, 11) is 1.46. The molecule has 0 spiro atoms. The minimum Gasteiger partial charge on any atom is -0.481 e. The molecule has 0 aliphatic rings. The monoisotopic (exact) mass is 273 g/mol. The first-order valence-electron chi connectivity index (χ1n) is 5.54. The second-order valence-corrected chi connectivity index (χ2v) is 4.17. The summed E-state index contributed by atoms with van der Waals surface area (Å²) >= 11 is 6.04. The Balaban J connectivity index is 3.03. The smallest absolute Gasteiger partial charge is 0.318 e. The number of anilines is 1. The molecule has 1 atom stereocenters. The molecule has 0 fully saturated rings. The normalized spacial score (nSPS) is 12.0. The van der Waals surface area contributed by atoms with Gasteiger partial charge in [0, 0.05) is 12.6 Å². The van der Waals surface area contributed by atoms with Crippen molar-refractivity contribution >= 4 is 23.4 Å². The van der Waals surface area contributed by atoms with Crippen LogP contribution in [0.25, 0.3) is 0 Å². The summed E-state index contributed by atoms with van der Waals surface area (Å²) in [5.74, 6) is -0.377. The number of carbonyl (C=O) groups is 1. The Morgan fingerprint density at radius 3 is 2.83 bits per heavy atom. The predicted molar refractivity (Wildman–Crippen MR) is 68.3 cm³/mol. The Labute approximate surface area is 111 Å². The third-order valence-electron chi connectivity index (χ3n) is 2.50. The van der Waals surface area contributed by atoms with Crippen molar-refractivity contribution in [2.45, 2.75) is 26.3 Å². The first-order valence-corrected chi connectivity index (χ1v) is 5.92. The highest BCUT2D eigenvalue weighted by molar-refractivity contribution is 6.32. The summed E-state index contributed by atoms with van der Waals surface area (Å²) in [6.45, 7) is 4.31. The molecule has 0 amide bonds. The Morgan fingerprint density at radius 1 is 1.67 bits per heavy atom. The summed E-state index contributed by atoms with van der Waals surface area (Å²) < 4.78 is 4.94. The molecule has 0 saturated carbocycles. The molecule has 1 unspecified atom stereocenters. The van der Waals surface area contributed by atoms with Crippen molar-refractivity contribution < 1.29 is 14.6 Å². The fraction of sp³-hybridized carbons (Fsp3) is 0.545. The van der Waals surface area contributed by atoms with Crippen molar-refractivity contribution in [3.63, 3.8) is 0 Å². The number of nitrogens with zero attached hydrogens (tertiary/aromatic N) is 3. The Kier molecular flexibility index (Phi) is 5.15. The van der Waals surface area contributed by atoms with Crippen LogP contribution in [-0.4, -0.2) is 40.7 Å². The van der Waals surface area contributed by atoms with E-state index in [2.05, 4.69) is 9.97 Å². The number of aromatic nitrogens is 2. The summed E-state index contributed by atoms with van der Waals surface area (Å²) in [6.07, 6.45) is 1.45. The highest BCUT2D eigenvalue weighted by atomic mass is 35.5. The minimum atomic E-state index is -0.863. The Bertz CT molecular complexity index is 428. The standard InChI is InChI=1S/C11H16ClN3O3/c1-4-15(7(2)5-9(16)17)10-8(12)6-13-11(14-10)18-3/h6-7H,4-5H2,1-3H3,(H,16,17). The van der Waals surface area contributed by atoms with Gasteiger partial charge >= 0.3 is 12.0 Å². The molecular weight excluding hydrogens is 258 g/mol. The Hall–Kier alpha value is -1.56. The molecule has 1 heterocycles. The molecule has 0 saturated heterocycles. The summed E-state index contributed by atoms with van der Waals surface area (Å²) in [6, 6.07) is -0.0139. The fourth-order valence-electron chi connectivity index (χ4n) is 1.68. The lowest BCUT2D eigenvalue weighted by molar-refractivity contribution is -0.137. The highest BCUT2D eigenvalue weighted by Gasteiger charge is 2.20. The lowest BCUT2D eigenvalue weighted by Crippen LogP contribution is -2.35. The van der Waals surface area contributed by atoms with Crippen molar-refractivity contribution in [2.75, 3.05) is 18.6 Å². The molecule has 1 N–H and O–H groups in total. The van der Waals surface area contributed by atoms with E-state index in [-0.39, 0.29) is 18.5 Å². The third-order valence-corrected chi connectivity index (χ3v) is 2.77. The number of ether oxygens (including phenoxy) is 1. The van der Waals surface area contributed by atoms with Crippen LogP contribution in [0, 0.1) is 0 Å². The van der Waals surface area contributed by atoms with Crippen LogP contribution in [0.15, 0.2) is 6.20 Å². The summed E-state index contributed by atoms with van der Waals surface area (Å²) in [4.78, 5) is 20.6. The van der Waals surface area contributed by atoms with E-state index >= 15 is 0 Å². The average molecular weight is 274 g/mol. The van der Waals surface area contributed by atoms with Gasteiger partial charge < -0.3 is 14.7 Å². The number of hydrogen-bond donors (Lipinski definition) is 1. The van der Waals surface area contributed by atoms with E-state index in [0.29, 0.717) is 17.4 Å². The zero-order valence-electron chi connectivity index (χ0n) is 10.6. The Morgan fingerprint density at radius 2 is 2.33 bits per heavy atom. The maximum atomic E-state index is 10.8. The van der Waals surface area contributed by atoms with Crippen LogP contribution in [0.1, 0.15) is 20.3 Å². The van der Waals surface area contributed by atoms with Crippen LogP contribution in [0.2, 0.25) is 5.02 Å². The first kappa shape index (κ1) is 14.5. The molecule has 18 heavy (non-hydrogen) atoms. The molecule has 0 aromatic carbocycles. The van der Waals surface area contributed by atoms with Crippen molar-refractivity contribution in [1.29, 1.82) is 0 Å². The average Bonchev–Trinajstić information content (AvgIpc) is 2.31. The fourth-order valence-corrected chi connectivity index (χ4v) is 1.87. The van der Waals surface area contributed by atoms with Crippen molar-refractivity contribution in [3.05, 3.63) is 11.2 Å². The van der Waals surface area contributed by atoms with Crippen molar-refractivity contribution in [1.82, 2.24) is 9.97 Å². The summed E-state index contributed by atoms with van der Waals surface area (Å²) in [5.41, 5.74) is 0. The van der Waals surface area contributed by atoms with Crippen LogP contribution >= 0.6 is 11.6 Å². The van der Waals surface area contributed by atoms with Crippen LogP contribution < -0.4 is 9.64 Å². The van der Waals surface area contributed by atoms with Gasteiger partial charge in [-0.1, -0.05) is 11.6 Å². The zero-order valence-corrected chi connectivity index (χ0v) is 11.3. The number of rotatable bonds is 6. The SMILES string of the molecule is CCN(c1nc(OC)ncc1Cl)C(C)CC(=O)O. The maximum absolute atomic E-state index is 10.8. The molecule has 7 heteroatoms. The largest absolute Gasteiger partial charge is 0.481 e. The molecule has 1 aromatic rings. The van der Waals surface area contributed by atoms with Gasteiger partial charge in [0.25, 0.3) is 0 Å². The van der Waals surface area contributed by atoms with Gasteiger partial charge in [0.2, 0.25) is 0 Å². The first-order chi connectivity index (χ1) is 8.49. The lowest BCUT2D eigenvalue weighted by atomic mass is 10.2. The second kappa shape index (κ2) is 6.39. The number of hydrogen-bond acceptors (Lipinski definition) is 5. The quantitative estimate of drug-likeness (QED) is 0.852. The molecule has 0 aliphatic heterocycles.